The molecule has 0 radical (unpaired) electrons. The average Bonchev–Trinajstić information content (AvgIpc) is 2.52. The second kappa shape index (κ2) is 7.27. The predicted molar refractivity (Wildman–Crippen MR) is 83.0 cm³/mol. The van der Waals surface area contributed by atoms with Gasteiger partial charge >= 0.3 is 0 Å². The number of benzene rings is 2. The summed E-state index contributed by atoms with van der Waals surface area (Å²) < 4.78 is 13.6. The van der Waals surface area contributed by atoms with Crippen molar-refractivity contribution in [3.63, 3.8) is 0 Å². The zero-order valence-corrected chi connectivity index (χ0v) is 12.0. The normalized spacial score (nSPS) is 9.57. The lowest BCUT2D eigenvalue weighted by Gasteiger charge is -2.03. The summed E-state index contributed by atoms with van der Waals surface area (Å²) in [4.78, 5) is 0. The molecule has 0 aromatic heterocycles. The number of unbranched alkanes of at least 4 members (excludes halogenated alkanes) is 2. The Morgan fingerprint density at radius 1 is 1.05 bits per heavy atom. The summed E-state index contributed by atoms with van der Waals surface area (Å²) in [5.74, 6) is 5.77. The van der Waals surface area contributed by atoms with Crippen LogP contribution >= 0.6 is 0 Å². The van der Waals surface area contributed by atoms with Crippen LogP contribution in [0.25, 0.3) is 11.1 Å². The minimum absolute atomic E-state index is 0.0668. The summed E-state index contributed by atoms with van der Waals surface area (Å²) >= 11 is 0. The van der Waals surface area contributed by atoms with Gasteiger partial charge in [0.15, 0.2) is 0 Å². The Hall–Kier alpha value is -2.58. The molecule has 0 fully saturated rings. The van der Waals surface area contributed by atoms with Crippen molar-refractivity contribution < 1.29 is 4.39 Å². The zero-order valence-electron chi connectivity index (χ0n) is 12.0. The highest BCUT2D eigenvalue weighted by Gasteiger charge is 2.04. The van der Waals surface area contributed by atoms with Gasteiger partial charge in [0.2, 0.25) is 0 Å². The van der Waals surface area contributed by atoms with E-state index in [-0.39, 0.29) is 5.56 Å². The van der Waals surface area contributed by atoms with Crippen LogP contribution in [0.5, 0.6) is 0 Å². The zero-order chi connectivity index (χ0) is 15.1. The highest BCUT2D eigenvalue weighted by molar-refractivity contribution is 5.65. The quantitative estimate of drug-likeness (QED) is 0.578. The van der Waals surface area contributed by atoms with E-state index in [4.69, 9.17) is 5.26 Å². The molecule has 21 heavy (non-hydrogen) atoms. The number of hydrogen-bond acceptors (Lipinski definition) is 1. The summed E-state index contributed by atoms with van der Waals surface area (Å²) in [5.41, 5.74) is 2.70. The van der Waals surface area contributed by atoms with Crippen molar-refractivity contribution in [2.75, 3.05) is 0 Å². The van der Waals surface area contributed by atoms with E-state index in [1.165, 1.54) is 12.1 Å². The van der Waals surface area contributed by atoms with Crippen molar-refractivity contribution >= 4 is 0 Å². The fourth-order valence-corrected chi connectivity index (χ4v) is 1.96. The first-order valence-corrected chi connectivity index (χ1v) is 7.03. The van der Waals surface area contributed by atoms with Crippen molar-refractivity contribution in [1.29, 1.82) is 5.26 Å². The van der Waals surface area contributed by atoms with Gasteiger partial charge in [-0.25, -0.2) is 4.39 Å². The van der Waals surface area contributed by atoms with Crippen LogP contribution in [0, 0.1) is 29.0 Å². The van der Waals surface area contributed by atoms with E-state index in [2.05, 4.69) is 18.8 Å². The molecule has 0 aliphatic rings. The van der Waals surface area contributed by atoms with E-state index in [0.717, 1.165) is 36.0 Å². The number of nitrogens with zero attached hydrogens (tertiary/aromatic N) is 1. The van der Waals surface area contributed by atoms with Gasteiger partial charge in [-0.05, 0) is 41.8 Å². The number of rotatable bonds is 3. The largest absolute Gasteiger partial charge is 0.206 e. The highest BCUT2D eigenvalue weighted by atomic mass is 19.1. The van der Waals surface area contributed by atoms with Gasteiger partial charge in [0.1, 0.15) is 11.9 Å². The number of halogens is 1. The second-order valence-corrected chi connectivity index (χ2v) is 4.79. The molecule has 104 valence electrons. The van der Waals surface area contributed by atoms with Crippen LogP contribution in [-0.2, 0) is 0 Å². The van der Waals surface area contributed by atoms with Gasteiger partial charge in [0.05, 0.1) is 5.56 Å². The Balaban J connectivity index is 2.17. The molecule has 0 atom stereocenters. The molecule has 0 amide bonds. The summed E-state index contributed by atoms with van der Waals surface area (Å²) in [6, 6.07) is 14.2. The summed E-state index contributed by atoms with van der Waals surface area (Å²) in [6.07, 6.45) is 3.19. The van der Waals surface area contributed by atoms with E-state index >= 15 is 0 Å². The van der Waals surface area contributed by atoms with Crippen LogP contribution < -0.4 is 0 Å². The van der Waals surface area contributed by atoms with Crippen molar-refractivity contribution in [3.8, 4) is 29.0 Å². The van der Waals surface area contributed by atoms with E-state index < -0.39 is 5.82 Å². The monoisotopic (exact) mass is 277 g/mol. The first-order chi connectivity index (χ1) is 10.2. The fourth-order valence-electron chi connectivity index (χ4n) is 1.96. The lowest BCUT2D eigenvalue weighted by Crippen LogP contribution is -1.86. The third-order valence-corrected chi connectivity index (χ3v) is 3.20. The van der Waals surface area contributed by atoms with Crippen molar-refractivity contribution in [3.05, 3.63) is 59.4 Å². The van der Waals surface area contributed by atoms with Crippen LogP contribution in [0.4, 0.5) is 4.39 Å². The fraction of sp³-hybridized carbons (Fsp3) is 0.211. The van der Waals surface area contributed by atoms with Crippen molar-refractivity contribution in [2.24, 2.45) is 0 Å². The molecule has 0 aliphatic carbocycles. The van der Waals surface area contributed by atoms with Crippen LogP contribution in [0.3, 0.4) is 0 Å². The summed E-state index contributed by atoms with van der Waals surface area (Å²) in [7, 11) is 0. The maximum Gasteiger partial charge on any atom is 0.141 e. The Morgan fingerprint density at radius 3 is 2.38 bits per heavy atom. The third-order valence-electron chi connectivity index (χ3n) is 3.20. The van der Waals surface area contributed by atoms with E-state index in [9.17, 15) is 4.39 Å². The third kappa shape index (κ3) is 3.94. The van der Waals surface area contributed by atoms with E-state index in [1.54, 1.807) is 6.07 Å². The smallest absolute Gasteiger partial charge is 0.141 e. The summed E-state index contributed by atoms with van der Waals surface area (Å²) in [6.45, 7) is 2.15. The molecule has 0 saturated heterocycles. The second-order valence-electron chi connectivity index (χ2n) is 4.79. The van der Waals surface area contributed by atoms with Gasteiger partial charge in [-0.1, -0.05) is 43.4 Å². The number of hydrogen-bond donors (Lipinski definition) is 0. The van der Waals surface area contributed by atoms with Gasteiger partial charge in [0.25, 0.3) is 0 Å². The number of nitriles is 1. The Morgan fingerprint density at radius 2 is 1.76 bits per heavy atom. The molecular formula is C19H16FN. The van der Waals surface area contributed by atoms with Crippen LogP contribution in [0.15, 0.2) is 42.5 Å². The minimum Gasteiger partial charge on any atom is -0.206 e. The first kappa shape index (κ1) is 14.8. The minimum atomic E-state index is -0.488. The van der Waals surface area contributed by atoms with Gasteiger partial charge < -0.3 is 0 Å². The van der Waals surface area contributed by atoms with Gasteiger partial charge in [-0.2, -0.15) is 5.26 Å². The maximum absolute atomic E-state index is 13.6. The SMILES string of the molecule is CCCCC#Cc1ccc(-c2ccc(C#N)c(F)c2)cc1. The van der Waals surface area contributed by atoms with E-state index in [1.807, 2.05) is 30.3 Å². The molecule has 0 heterocycles. The standard InChI is InChI=1S/C19H16FN/c1-2-3-4-5-6-15-7-9-16(10-8-15)17-11-12-18(14-21)19(20)13-17/h7-13H,2-4H2,1H3. The van der Waals surface area contributed by atoms with Gasteiger partial charge in [-0.15, -0.1) is 0 Å². The Kier molecular flexibility index (Phi) is 5.13. The molecule has 0 spiro atoms. The maximum atomic E-state index is 13.6. The molecule has 2 aromatic rings. The van der Waals surface area contributed by atoms with Crippen molar-refractivity contribution in [1.82, 2.24) is 0 Å². The van der Waals surface area contributed by atoms with Crippen molar-refractivity contribution in [2.45, 2.75) is 26.2 Å². The molecule has 1 nitrogen and oxygen atoms in total. The Bertz CT molecular complexity index is 712. The van der Waals surface area contributed by atoms with Crippen LogP contribution in [0.2, 0.25) is 0 Å². The lowest BCUT2D eigenvalue weighted by atomic mass is 10.0. The predicted octanol–water partition coefficient (Wildman–Crippen LogP) is 4.91. The molecule has 0 N–H and O–H groups in total. The molecule has 0 saturated carbocycles. The molecule has 2 aromatic carbocycles. The van der Waals surface area contributed by atoms with Gasteiger partial charge in [-0.3, -0.25) is 0 Å². The molecule has 2 heteroatoms. The average molecular weight is 277 g/mol. The molecule has 0 aliphatic heterocycles. The topological polar surface area (TPSA) is 23.8 Å². The Labute approximate surface area is 125 Å². The molecule has 0 unspecified atom stereocenters. The first-order valence-electron chi connectivity index (χ1n) is 7.03. The van der Waals surface area contributed by atoms with Gasteiger partial charge in [0, 0.05) is 12.0 Å². The van der Waals surface area contributed by atoms with Crippen LogP contribution in [0.1, 0.15) is 37.3 Å². The van der Waals surface area contributed by atoms with Crippen LogP contribution in [-0.4, -0.2) is 0 Å². The lowest BCUT2D eigenvalue weighted by molar-refractivity contribution is 0.624. The molecule has 0 bridgehead atoms. The summed E-state index contributed by atoms with van der Waals surface area (Å²) in [5, 5.41) is 8.73. The molecule has 2 rings (SSSR count). The van der Waals surface area contributed by atoms with E-state index in [0.29, 0.717) is 0 Å². The molecular weight excluding hydrogens is 261 g/mol. The highest BCUT2D eigenvalue weighted by Crippen LogP contribution is 2.22.